The largest absolute Gasteiger partial charge is 0.355 e. The van der Waals surface area contributed by atoms with Gasteiger partial charge in [-0.05, 0) is 48.3 Å². The summed E-state index contributed by atoms with van der Waals surface area (Å²) in [4.78, 5) is 26.0. The van der Waals surface area contributed by atoms with Gasteiger partial charge >= 0.3 is 0 Å². The van der Waals surface area contributed by atoms with Gasteiger partial charge in [0, 0.05) is 46.6 Å². The molecule has 7 heteroatoms. The Bertz CT molecular complexity index is 1160. The molecule has 0 unspecified atom stereocenters. The van der Waals surface area contributed by atoms with E-state index in [0.29, 0.717) is 13.1 Å². The lowest BCUT2D eigenvalue weighted by Crippen LogP contribution is -2.30. The normalized spacial score (nSPS) is 13.8. The van der Waals surface area contributed by atoms with Gasteiger partial charge < -0.3 is 10.3 Å². The van der Waals surface area contributed by atoms with Gasteiger partial charge in [0.1, 0.15) is 0 Å². The molecule has 1 aliphatic heterocycles. The van der Waals surface area contributed by atoms with Gasteiger partial charge in [0.15, 0.2) is 5.78 Å². The summed E-state index contributed by atoms with van der Waals surface area (Å²) in [5, 5.41) is 3.47. The second-order valence-electron chi connectivity index (χ2n) is 6.96. The number of aromatic amines is 1. The Morgan fingerprint density at radius 2 is 1.77 bits per heavy atom. The second kappa shape index (κ2) is 8.14. The molecule has 1 aromatic carbocycles. The van der Waals surface area contributed by atoms with Crippen LogP contribution in [0.3, 0.4) is 0 Å². The number of ketones is 1. The van der Waals surface area contributed by atoms with E-state index < -0.39 is 0 Å². The smallest absolute Gasteiger partial charge is 0.181 e. The van der Waals surface area contributed by atoms with Gasteiger partial charge in [-0.1, -0.05) is 18.2 Å². The summed E-state index contributed by atoms with van der Waals surface area (Å²) < 4.78 is 2.06. The van der Waals surface area contributed by atoms with Crippen LogP contribution in [0.1, 0.15) is 16.1 Å². The minimum atomic E-state index is 0.0858. The first-order valence-corrected chi connectivity index (χ1v) is 10.4. The molecular formula is C23H19N5OS. The monoisotopic (exact) mass is 413 g/mol. The Labute approximate surface area is 178 Å². The summed E-state index contributed by atoms with van der Waals surface area (Å²) in [5.41, 5.74) is 5.28. The molecule has 0 saturated carbocycles. The van der Waals surface area contributed by atoms with E-state index >= 15 is 0 Å². The molecule has 6 nitrogen and oxygen atoms in total. The number of nitrogens with zero attached hydrogens (tertiary/aromatic N) is 3. The highest BCUT2D eigenvalue weighted by molar-refractivity contribution is 7.97. The van der Waals surface area contributed by atoms with Crippen molar-refractivity contribution in [2.75, 3.05) is 11.9 Å². The SMILES string of the molecule is O=C1CN(Sc2cccnc2)Cc2[nH]c(-c3ccncc3)c(Nc3ccccc3)c21. The van der Waals surface area contributed by atoms with E-state index in [0.717, 1.165) is 38.8 Å². The lowest BCUT2D eigenvalue weighted by molar-refractivity contribution is 0.0955. The number of anilines is 2. The molecule has 1 aliphatic rings. The van der Waals surface area contributed by atoms with Crippen molar-refractivity contribution in [1.82, 2.24) is 19.3 Å². The average molecular weight is 414 g/mol. The molecule has 0 saturated heterocycles. The van der Waals surface area contributed by atoms with Crippen molar-refractivity contribution >= 4 is 29.1 Å². The van der Waals surface area contributed by atoms with Crippen LogP contribution in [-0.4, -0.2) is 31.6 Å². The lowest BCUT2D eigenvalue weighted by Gasteiger charge is -2.25. The maximum absolute atomic E-state index is 13.2. The number of H-pyrrole nitrogens is 1. The number of aromatic nitrogens is 3. The molecule has 0 amide bonds. The highest BCUT2D eigenvalue weighted by Gasteiger charge is 2.31. The van der Waals surface area contributed by atoms with Gasteiger partial charge in [-0.2, -0.15) is 0 Å². The molecule has 148 valence electrons. The van der Waals surface area contributed by atoms with Crippen LogP contribution in [0.4, 0.5) is 11.4 Å². The number of hydrogen-bond donors (Lipinski definition) is 2. The van der Waals surface area contributed by atoms with Crippen molar-refractivity contribution in [2.24, 2.45) is 0 Å². The molecule has 0 fully saturated rings. The summed E-state index contributed by atoms with van der Waals surface area (Å²) in [6.45, 7) is 0.971. The van der Waals surface area contributed by atoms with Crippen molar-refractivity contribution in [2.45, 2.75) is 11.4 Å². The fourth-order valence-corrected chi connectivity index (χ4v) is 4.51. The van der Waals surface area contributed by atoms with Gasteiger partial charge in [-0.25, -0.2) is 4.31 Å². The standard InChI is InChI=1S/C23H19N5OS/c29-20-15-28(30-18-7-4-10-25-13-18)14-19-21(20)23(26-17-5-2-1-3-6-17)22(27-19)16-8-11-24-12-9-16/h1-13,26-27H,14-15H2. The Balaban J connectivity index is 1.53. The molecule has 3 aromatic heterocycles. The van der Waals surface area contributed by atoms with E-state index in [4.69, 9.17) is 0 Å². The number of hydrogen-bond acceptors (Lipinski definition) is 6. The van der Waals surface area contributed by atoms with Crippen molar-refractivity contribution in [1.29, 1.82) is 0 Å². The van der Waals surface area contributed by atoms with Gasteiger partial charge in [-0.3, -0.25) is 14.8 Å². The van der Waals surface area contributed by atoms with Crippen LogP contribution in [0, 0.1) is 0 Å². The summed E-state index contributed by atoms with van der Waals surface area (Å²) in [7, 11) is 0. The molecule has 2 N–H and O–H groups in total. The molecule has 0 spiro atoms. The molecule has 0 aliphatic carbocycles. The van der Waals surface area contributed by atoms with Crippen LogP contribution < -0.4 is 5.32 Å². The number of carbonyl (C=O) groups excluding carboxylic acids is 1. The number of nitrogens with one attached hydrogen (secondary N) is 2. The summed E-state index contributed by atoms with van der Waals surface area (Å²) in [6, 6.07) is 17.7. The van der Waals surface area contributed by atoms with E-state index in [2.05, 4.69) is 24.6 Å². The third kappa shape index (κ3) is 3.72. The molecule has 0 bridgehead atoms. The zero-order chi connectivity index (χ0) is 20.3. The minimum Gasteiger partial charge on any atom is -0.355 e. The molecule has 0 atom stereocenters. The fraction of sp³-hybridized carbons (Fsp3) is 0.0870. The molecule has 0 radical (unpaired) electrons. The Morgan fingerprint density at radius 3 is 2.53 bits per heavy atom. The Kier molecular flexibility index (Phi) is 5.04. The molecule has 4 aromatic rings. The van der Waals surface area contributed by atoms with Crippen LogP contribution >= 0.6 is 11.9 Å². The third-order valence-electron chi connectivity index (χ3n) is 4.89. The fourth-order valence-electron chi connectivity index (χ4n) is 3.59. The van der Waals surface area contributed by atoms with Gasteiger partial charge in [0.05, 0.1) is 30.0 Å². The van der Waals surface area contributed by atoms with Crippen molar-refractivity contribution in [3.05, 3.63) is 90.6 Å². The third-order valence-corrected chi connectivity index (χ3v) is 5.86. The van der Waals surface area contributed by atoms with Crippen LogP contribution in [0.2, 0.25) is 0 Å². The first-order valence-electron chi connectivity index (χ1n) is 9.61. The first kappa shape index (κ1) is 18.6. The van der Waals surface area contributed by atoms with Gasteiger partial charge in [-0.15, -0.1) is 0 Å². The first-order chi connectivity index (χ1) is 14.8. The van der Waals surface area contributed by atoms with E-state index in [9.17, 15) is 4.79 Å². The maximum Gasteiger partial charge on any atom is 0.181 e. The zero-order valence-corrected chi connectivity index (χ0v) is 16.9. The number of fused-ring (bicyclic) bond motifs is 1. The summed E-state index contributed by atoms with van der Waals surface area (Å²) >= 11 is 1.55. The highest BCUT2D eigenvalue weighted by atomic mass is 32.2. The summed E-state index contributed by atoms with van der Waals surface area (Å²) in [6.07, 6.45) is 7.07. The van der Waals surface area contributed by atoms with Crippen molar-refractivity contribution < 1.29 is 4.79 Å². The van der Waals surface area contributed by atoms with Crippen molar-refractivity contribution in [3.63, 3.8) is 0 Å². The van der Waals surface area contributed by atoms with Crippen LogP contribution in [0.5, 0.6) is 0 Å². The van der Waals surface area contributed by atoms with Crippen LogP contribution in [-0.2, 0) is 6.54 Å². The molecular weight excluding hydrogens is 394 g/mol. The predicted molar refractivity (Wildman–Crippen MR) is 119 cm³/mol. The van der Waals surface area contributed by atoms with Gasteiger partial charge in [0.25, 0.3) is 0 Å². The number of carbonyl (C=O) groups is 1. The van der Waals surface area contributed by atoms with E-state index in [-0.39, 0.29) is 5.78 Å². The number of pyridine rings is 2. The zero-order valence-electron chi connectivity index (χ0n) is 16.1. The topological polar surface area (TPSA) is 73.9 Å². The highest BCUT2D eigenvalue weighted by Crippen LogP contribution is 2.39. The quantitative estimate of drug-likeness (QED) is 0.453. The molecule has 30 heavy (non-hydrogen) atoms. The lowest BCUT2D eigenvalue weighted by atomic mass is 10.0. The number of para-hydroxylation sites is 1. The number of rotatable bonds is 5. The Hall–Kier alpha value is -3.42. The average Bonchev–Trinajstić information content (AvgIpc) is 3.14. The minimum absolute atomic E-state index is 0.0858. The number of benzene rings is 1. The van der Waals surface area contributed by atoms with E-state index in [1.54, 1.807) is 30.5 Å². The van der Waals surface area contributed by atoms with E-state index in [1.807, 2.05) is 60.8 Å². The molecule has 4 heterocycles. The van der Waals surface area contributed by atoms with Gasteiger partial charge in [0.2, 0.25) is 0 Å². The Morgan fingerprint density at radius 1 is 0.933 bits per heavy atom. The van der Waals surface area contributed by atoms with Crippen molar-refractivity contribution in [3.8, 4) is 11.3 Å². The van der Waals surface area contributed by atoms with E-state index in [1.165, 1.54) is 0 Å². The second-order valence-corrected chi connectivity index (χ2v) is 8.13. The predicted octanol–water partition coefficient (Wildman–Crippen LogP) is 4.92. The maximum atomic E-state index is 13.2. The number of Topliss-reactive ketones (excluding diaryl/α,β-unsaturated/α-hetero) is 1. The van der Waals surface area contributed by atoms with Crippen LogP contribution in [0.25, 0.3) is 11.3 Å². The summed E-state index contributed by atoms with van der Waals surface area (Å²) in [5.74, 6) is 0.0858. The van der Waals surface area contributed by atoms with Crippen LogP contribution in [0.15, 0.2) is 84.3 Å². The molecule has 5 rings (SSSR count).